The molecule has 1 aromatic rings. The third kappa shape index (κ3) is 5.98. The molecule has 1 aromatic heterocycles. The molecule has 2 N–H and O–H groups in total. The smallest absolute Gasteiger partial charge is 0.216 e. The summed E-state index contributed by atoms with van der Waals surface area (Å²) in [5.41, 5.74) is 0.788. The quantitative estimate of drug-likeness (QED) is 0.728. The van der Waals surface area contributed by atoms with Crippen LogP contribution in [-0.4, -0.2) is 31.6 Å². The van der Waals surface area contributed by atoms with Gasteiger partial charge in [-0.2, -0.15) is 0 Å². The summed E-state index contributed by atoms with van der Waals surface area (Å²) in [4.78, 5) is 14.5. The number of rotatable bonds is 6. The zero-order valence-corrected chi connectivity index (χ0v) is 10.3. The predicted octanol–water partition coefficient (Wildman–Crippen LogP) is -0.363. The van der Waals surface area contributed by atoms with Crippen LogP contribution >= 0.6 is 0 Å². The maximum atomic E-state index is 11.5. The molecule has 0 fully saturated rings. The van der Waals surface area contributed by atoms with Gasteiger partial charge in [0.1, 0.15) is 0 Å². The standard InChI is InChI=1S/C10H15N3O3S/c1-9(14)12-5-6-17(15,16)13-8-10-3-2-4-11-7-10/h2-4,7,13H,5-6,8H2,1H3,(H,12,14). The molecule has 1 heterocycles. The first kappa shape index (κ1) is 13.6. The fourth-order valence-corrected chi connectivity index (χ4v) is 2.03. The Morgan fingerprint density at radius 2 is 2.24 bits per heavy atom. The van der Waals surface area contributed by atoms with Crippen molar-refractivity contribution in [2.75, 3.05) is 12.3 Å². The van der Waals surface area contributed by atoms with E-state index < -0.39 is 10.0 Å². The van der Waals surface area contributed by atoms with Gasteiger partial charge in [0, 0.05) is 32.4 Å². The zero-order valence-electron chi connectivity index (χ0n) is 9.51. The molecule has 0 aromatic carbocycles. The van der Waals surface area contributed by atoms with Crippen molar-refractivity contribution < 1.29 is 13.2 Å². The molecular weight excluding hydrogens is 242 g/mol. The number of sulfonamides is 1. The molecule has 0 unspecified atom stereocenters. The summed E-state index contributed by atoms with van der Waals surface area (Å²) in [6.45, 7) is 1.66. The van der Waals surface area contributed by atoms with Crippen molar-refractivity contribution in [3.8, 4) is 0 Å². The number of nitrogens with one attached hydrogen (secondary N) is 2. The molecule has 0 aliphatic rings. The maximum absolute atomic E-state index is 11.5. The number of nitrogens with zero attached hydrogens (tertiary/aromatic N) is 1. The molecule has 0 aliphatic carbocycles. The van der Waals surface area contributed by atoms with Crippen LogP contribution in [0.3, 0.4) is 0 Å². The van der Waals surface area contributed by atoms with Crippen LogP contribution in [0.25, 0.3) is 0 Å². The van der Waals surface area contributed by atoms with Crippen molar-refractivity contribution in [2.24, 2.45) is 0 Å². The molecule has 0 radical (unpaired) electrons. The molecular formula is C10H15N3O3S. The summed E-state index contributed by atoms with van der Waals surface area (Å²) in [5.74, 6) is -0.375. The van der Waals surface area contributed by atoms with E-state index >= 15 is 0 Å². The lowest BCUT2D eigenvalue weighted by Crippen LogP contribution is -2.33. The Morgan fingerprint density at radius 3 is 2.82 bits per heavy atom. The summed E-state index contributed by atoms with van der Waals surface area (Å²) in [6, 6.07) is 3.52. The minimum Gasteiger partial charge on any atom is -0.355 e. The van der Waals surface area contributed by atoms with E-state index in [2.05, 4.69) is 15.0 Å². The van der Waals surface area contributed by atoms with Crippen LogP contribution in [0.4, 0.5) is 0 Å². The van der Waals surface area contributed by atoms with E-state index in [0.717, 1.165) is 5.56 Å². The Bertz CT molecular complexity index is 459. The highest BCUT2D eigenvalue weighted by atomic mass is 32.2. The molecule has 17 heavy (non-hydrogen) atoms. The first-order chi connectivity index (χ1) is 7.99. The fraction of sp³-hybridized carbons (Fsp3) is 0.400. The van der Waals surface area contributed by atoms with Crippen LogP contribution in [-0.2, 0) is 21.4 Å². The van der Waals surface area contributed by atoms with Gasteiger partial charge in [-0.05, 0) is 11.6 Å². The first-order valence-corrected chi connectivity index (χ1v) is 6.75. The molecule has 0 atom stereocenters. The monoisotopic (exact) mass is 257 g/mol. The Morgan fingerprint density at radius 1 is 1.47 bits per heavy atom. The number of aromatic nitrogens is 1. The second-order valence-electron chi connectivity index (χ2n) is 3.48. The van der Waals surface area contributed by atoms with Crippen molar-refractivity contribution in [3.63, 3.8) is 0 Å². The molecule has 0 bridgehead atoms. The van der Waals surface area contributed by atoms with Crippen LogP contribution in [0, 0.1) is 0 Å². The number of carbonyl (C=O) groups excluding carboxylic acids is 1. The van der Waals surface area contributed by atoms with Crippen molar-refractivity contribution in [1.82, 2.24) is 15.0 Å². The first-order valence-electron chi connectivity index (χ1n) is 5.10. The highest BCUT2D eigenvalue weighted by Crippen LogP contribution is 1.96. The normalized spacial score (nSPS) is 11.1. The van der Waals surface area contributed by atoms with Crippen LogP contribution in [0.5, 0.6) is 0 Å². The number of amides is 1. The molecule has 1 rings (SSSR count). The van der Waals surface area contributed by atoms with E-state index in [1.807, 2.05) is 0 Å². The van der Waals surface area contributed by atoms with Crippen molar-refractivity contribution in [3.05, 3.63) is 30.1 Å². The van der Waals surface area contributed by atoms with Crippen LogP contribution in [0.1, 0.15) is 12.5 Å². The maximum Gasteiger partial charge on any atom is 0.216 e. The fourth-order valence-electron chi connectivity index (χ4n) is 1.13. The van der Waals surface area contributed by atoms with Crippen LogP contribution in [0.15, 0.2) is 24.5 Å². The summed E-state index contributed by atoms with van der Waals surface area (Å²) >= 11 is 0. The largest absolute Gasteiger partial charge is 0.355 e. The highest BCUT2D eigenvalue weighted by molar-refractivity contribution is 7.89. The average Bonchev–Trinajstić information content (AvgIpc) is 2.27. The lowest BCUT2D eigenvalue weighted by molar-refractivity contribution is -0.118. The van der Waals surface area contributed by atoms with E-state index in [-0.39, 0.29) is 24.7 Å². The van der Waals surface area contributed by atoms with Gasteiger partial charge in [-0.25, -0.2) is 13.1 Å². The minimum atomic E-state index is -3.37. The van der Waals surface area contributed by atoms with Gasteiger partial charge in [0.2, 0.25) is 15.9 Å². The second-order valence-corrected chi connectivity index (χ2v) is 5.41. The van der Waals surface area contributed by atoms with Gasteiger partial charge < -0.3 is 5.32 Å². The number of hydrogen-bond donors (Lipinski definition) is 2. The van der Waals surface area contributed by atoms with E-state index in [1.54, 1.807) is 24.5 Å². The van der Waals surface area contributed by atoms with E-state index in [9.17, 15) is 13.2 Å². The lowest BCUT2D eigenvalue weighted by Gasteiger charge is -2.06. The predicted molar refractivity (Wildman–Crippen MR) is 63.5 cm³/mol. The van der Waals surface area contributed by atoms with E-state index in [4.69, 9.17) is 0 Å². The van der Waals surface area contributed by atoms with Gasteiger partial charge in [0.15, 0.2) is 0 Å². The number of hydrogen-bond acceptors (Lipinski definition) is 4. The summed E-state index contributed by atoms with van der Waals surface area (Å²) < 4.78 is 25.4. The molecule has 0 aliphatic heterocycles. The van der Waals surface area contributed by atoms with Crippen molar-refractivity contribution in [2.45, 2.75) is 13.5 Å². The molecule has 94 valence electrons. The van der Waals surface area contributed by atoms with Gasteiger partial charge in [-0.1, -0.05) is 6.07 Å². The van der Waals surface area contributed by atoms with Crippen LogP contribution in [0.2, 0.25) is 0 Å². The summed E-state index contributed by atoms with van der Waals surface area (Å²) in [6.07, 6.45) is 3.21. The highest BCUT2D eigenvalue weighted by Gasteiger charge is 2.09. The Kier molecular flexibility index (Phi) is 5.05. The minimum absolute atomic E-state index is 0.109. The average molecular weight is 257 g/mol. The van der Waals surface area contributed by atoms with Gasteiger partial charge in [-0.3, -0.25) is 9.78 Å². The third-order valence-corrected chi connectivity index (χ3v) is 3.29. The lowest BCUT2D eigenvalue weighted by atomic mass is 10.3. The van der Waals surface area contributed by atoms with E-state index in [1.165, 1.54) is 6.92 Å². The van der Waals surface area contributed by atoms with Crippen LogP contribution < -0.4 is 10.0 Å². The van der Waals surface area contributed by atoms with Gasteiger partial charge in [0.05, 0.1) is 5.75 Å². The number of pyridine rings is 1. The Hall–Kier alpha value is -1.47. The molecule has 0 spiro atoms. The summed E-state index contributed by atoms with van der Waals surface area (Å²) in [5, 5.41) is 2.43. The van der Waals surface area contributed by atoms with Crippen molar-refractivity contribution >= 4 is 15.9 Å². The molecule has 0 saturated carbocycles. The molecule has 7 heteroatoms. The number of carbonyl (C=O) groups is 1. The zero-order chi connectivity index (χ0) is 12.7. The third-order valence-electron chi connectivity index (χ3n) is 1.96. The van der Waals surface area contributed by atoms with Gasteiger partial charge in [-0.15, -0.1) is 0 Å². The topological polar surface area (TPSA) is 88.2 Å². The summed E-state index contributed by atoms with van der Waals surface area (Å²) in [7, 11) is -3.37. The molecule has 6 nitrogen and oxygen atoms in total. The van der Waals surface area contributed by atoms with Gasteiger partial charge in [0.25, 0.3) is 0 Å². The molecule has 0 saturated heterocycles. The SMILES string of the molecule is CC(=O)NCCS(=O)(=O)NCc1cccnc1. The second kappa shape index (κ2) is 6.31. The Labute approximate surface area is 100 Å². The molecule has 1 amide bonds. The van der Waals surface area contributed by atoms with Gasteiger partial charge >= 0.3 is 0 Å². The van der Waals surface area contributed by atoms with Crippen molar-refractivity contribution in [1.29, 1.82) is 0 Å². The Balaban J connectivity index is 2.37. The van der Waals surface area contributed by atoms with E-state index in [0.29, 0.717) is 0 Å².